The Hall–Kier alpha value is -2.94. The van der Waals surface area contributed by atoms with E-state index in [-0.39, 0.29) is 24.1 Å². The Morgan fingerprint density at radius 2 is 1.56 bits per heavy atom. The van der Waals surface area contributed by atoms with E-state index < -0.39 is 5.97 Å². The third kappa shape index (κ3) is 8.58. The van der Waals surface area contributed by atoms with E-state index in [1.165, 1.54) is 19.4 Å². The highest BCUT2D eigenvalue weighted by atomic mass is 16.4. The van der Waals surface area contributed by atoms with Crippen LogP contribution in [0.4, 0.5) is 0 Å². The molecule has 3 fully saturated rings. The number of rotatable bonds is 13. The van der Waals surface area contributed by atoms with Gasteiger partial charge in [0.05, 0.1) is 6.04 Å². The molecule has 2 saturated heterocycles. The van der Waals surface area contributed by atoms with Crippen molar-refractivity contribution in [3.63, 3.8) is 0 Å². The number of phenolic OH excluding ortho intramolecular Hbond substituents is 1. The lowest BCUT2D eigenvalue weighted by molar-refractivity contribution is -0.137. The van der Waals surface area contributed by atoms with Crippen molar-refractivity contribution in [3.8, 4) is 5.75 Å². The molecule has 2 aliphatic heterocycles. The summed E-state index contributed by atoms with van der Waals surface area (Å²) in [5.41, 5.74) is 2.87. The first-order chi connectivity index (χ1) is 20.8. The second-order valence-electron chi connectivity index (χ2n) is 13.1. The minimum atomic E-state index is -0.715. The molecule has 2 aromatic carbocycles. The Kier molecular flexibility index (Phi) is 10.8. The summed E-state index contributed by atoms with van der Waals surface area (Å²) in [6, 6.07) is 16.5. The molecule has 0 bridgehead atoms. The van der Waals surface area contributed by atoms with Crippen molar-refractivity contribution in [1.29, 1.82) is 0 Å². The summed E-state index contributed by atoms with van der Waals surface area (Å²) in [7, 11) is 0. The van der Waals surface area contributed by atoms with Gasteiger partial charge in [0.1, 0.15) is 5.75 Å². The molecule has 3 aliphatic rings. The number of unbranched alkanes of at least 4 members (excludes halogenated alkanes) is 3. The SMILES string of the molecule is C[C@@H]1CN(C(c2cccc(O)c2)c2cccc(C(=O)N3CCN(CCCCCCC(=O)O)CC3)c2)[C@H](C)CN1CC1CC1. The number of hydrogen-bond acceptors (Lipinski definition) is 6. The first kappa shape index (κ1) is 31.5. The molecular formula is C35H50N4O4. The molecule has 2 heterocycles. The van der Waals surface area contributed by atoms with Crippen molar-refractivity contribution in [3.05, 3.63) is 65.2 Å². The summed E-state index contributed by atoms with van der Waals surface area (Å²) in [5, 5.41) is 19.2. The molecule has 234 valence electrons. The summed E-state index contributed by atoms with van der Waals surface area (Å²) in [6.45, 7) is 12.0. The van der Waals surface area contributed by atoms with Gasteiger partial charge in [0.2, 0.25) is 0 Å². The van der Waals surface area contributed by atoms with Gasteiger partial charge in [0.25, 0.3) is 5.91 Å². The van der Waals surface area contributed by atoms with Crippen LogP contribution in [-0.4, -0.2) is 106 Å². The normalized spacial score (nSPS) is 22.9. The predicted molar refractivity (Wildman–Crippen MR) is 169 cm³/mol. The van der Waals surface area contributed by atoms with E-state index in [0.717, 1.165) is 94.1 Å². The first-order valence-corrected chi connectivity index (χ1v) is 16.4. The number of aliphatic carboxylic acids is 1. The summed E-state index contributed by atoms with van der Waals surface area (Å²) in [4.78, 5) is 34.0. The molecule has 5 rings (SSSR count). The second-order valence-corrected chi connectivity index (χ2v) is 13.1. The van der Waals surface area contributed by atoms with Gasteiger partial charge in [-0.05, 0) is 87.4 Å². The molecule has 0 spiro atoms. The number of nitrogens with zero attached hydrogens (tertiary/aromatic N) is 4. The van der Waals surface area contributed by atoms with Crippen LogP contribution in [0.1, 0.15) is 86.3 Å². The third-order valence-electron chi connectivity index (χ3n) is 9.59. The maximum atomic E-state index is 13.7. The molecule has 43 heavy (non-hydrogen) atoms. The largest absolute Gasteiger partial charge is 0.508 e. The first-order valence-electron chi connectivity index (χ1n) is 16.4. The number of hydrogen-bond donors (Lipinski definition) is 2. The van der Waals surface area contributed by atoms with E-state index >= 15 is 0 Å². The minimum absolute atomic E-state index is 0.0484. The number of carboxylic acids is 1. The van der Waals surface area contributed by atoms with E-state index in [9.17, 15) is 14.7 Å². The molecule has 0 aromatic heterocycles. The maximum absolute atomic E-state index is 13.7. The molecule has 2 aromatic rings. The lowest BCUT2D eigenvalue weighted by Crippen LogP contribution is -2.57. The molecule has 1 amide bonds. The Bertz CT molecular complexity index is 1230. The summed E-state index contributed by atoms with van der Waals surface area (Å²) >= 11 is 0. The number of piperazine rings is 2. The van der Waals surface area contributed by atoms with E-state index in [1.807, 2.05) is 29.2 Å². The molecule has 1 saturated carbocycles. The summed E-state index contributed by atoms with van der Waals surface area (Å²) in [5.74, 6) is 0.497. The maximum Gasteiger partial charge on any atom is 0.303 e. The van der Waals surface area contributed by atoms with Gasteiger partial charge in [0.15, 0.2) is 0 Å². The van der Waals surface area contributed by atoms with Gasteiger partial charge in [-0.2, -0.15) is 0 Å². The highest BCUT2D eigenvalue weighted by Crippen LogP contribution is 2.37. The zero-order valence-corrected chi connectivity index (χ0v) is 26.0. The lowest BCUT2D eigenvalue weighted by atomic mass is 9.92. The zero-order valence-electron chi connectivity index (χ0n) is 26.0. The molecule has 8 nitrogen and oxygen atoms in total. The van der Waals surface area contributed by atoms with Crippen LogP contribution in [0.5, 0.6) is 5.75 Å². The van der Waals surface area contributed by atoms with Crippen LogP contribution >= 0.6 is 0 Å². The van der Waals surface area contributed by atoms with Crippen LogP contribution in [0.3, 0.4) is 0 Å². The van der Waals surface area contributed by atoms with Gasteiger partial charge in [-0.3, -0.25) is 24.3 Å². The molecule has 8 heteroatoms. The quantitative estimate of drug-likeness (QED) is 0.315. The van der Waals surface area contributed by atoms with E-state index in [4.69, 9.17) is 5.11 Å². The third-order valence-corrected chi connectivity index (χ3v) is 9.59. The number of carboxylic acid groups (broad SMARTS) is 1. The Morgan fingerprint density at radius 1 is 0.860 bits per heavy atom. The van der Waals surface area contributed by atoms with Crippen LogP contribution in [0.2, 0.25) is 0 Å². The van der Waals surface area contributed by atoms with Crippen LogP contribution < -0.4 is 0 Å². The van der Waals surface area contributed by atoms with Gasteiger partial charge in [-0.15, -0.1) is 0 Å². The zero-order chi connectivity index (χ0) is 30.3. The Morgan fingerprint density at radius 3 is 2.26 bits per heavy atom. The molecule has 0 radical (unpaired) electrons. The average Bonchev–Trinajstić information content (AvgIpc) is 3.82. The lowest BCUT2D eigenvalue weighted by Gasteiger charge is -2.48. The molecule has 2 N–H and O–H groups in total. The highest BCUT2D eigenvalue weighted by molar-refractivity contribution is 5.94. The van der Waals surface area contributed by atoms with Gasteiger partial charge >= 0.3 is 5.97 Å². The van der Waals surface area contributed by atoms with Crippen molar-refractivity contribution in [2.75, 3.05) is 52.4 Å². The number of amides is 1. The van der Waals surface area contributed by atoms with Gasteiger partial charge in [-0.25, -0.2) is 0 Å². The van der Waals surface area contributed by atoms with E-state index in [1.54, 1.807) is 6.07 Å². The molecule has 3 atom stereocenters. The number of phenols is 1. The van der Waals surface area contributed by atoms with Crippen LogP contribution in [0.15, 0.2) is 48.5 Å². The summed E-state index contributed by atoms with van der Waals surface area (Å²) in [6.07, 6.45) is 6.80. The number of carbonyl (C=O) groups is 2. The average molecular weight is 591 g/mol. The molecule has 1 aliphatic carbocycles. The number of carbonyl (C=O) groups excluding carboxylic acids is 1. The van der Waals surface area contributed by atoms with Gasteiger partial charge < -0.3 is 15.1 Å². The van der Waals surface area contributed by atoms with Crippen molar-refractivity contribution in [2.45, 2.75) is 76.9 Å². The Labute approximate surface area is 257 Å². The van der Waals surface area contributed by atoms with Crippen molar-refractivity contribution < 1.29 is 19.8 Å². The minimum Gasteiger partial charge on any atom is -0.508 e. The monoisotopic (exact) mass is 590 g/mol. The standard InChI is InChI=1S/C35H50N4O4/c1-26-24-39(27(2)23-38(26)25-28-14-15-28)34(30-10-8-12-32(40)22-30)29-9-7-11-31(21-29)35(43)37-19-17-36(18-20-37)16-6-4-3-5-13-33(41)42/h7-12,21-22,26-28,34,40H,3-6,13-20,23-25H2,1-2H3,(H,41,42)/t26-,27-,34?/m1/s1. The van der Waals surface area contributed by atoms with Crippen LogP contribution in [0.25, 0.3) is 0 Å². The highest BCUT2D eigenvalue weighted by Gasteiger charge is 2.37. The Balaban J connectivity index is 1.24. The predicted octanol–water partition coefficient (Wildman–Crippen LogP) is 5.08. The smallest absolute Gasteiger partial charge is 0.303 e. The molecule has 1 unspecified atom stereocenters. The number of benzene rings is 2. The molecular weight excluding hydrogens is 540 g/mol. The fourth-order valence-electron chi connectivity index (χ4n) is 6.91. The fraction of sp³-hybridized carbons (Fsp3) is 0.600. The van der Waals surface area contributed by atoms with E-state index in [2.05, 4.69) is 46.7 Å². The topological polar surface area (TPSA) is 87.6 Å². The van der Waals surface area contributed by atoms with Crippen molar-refractivity contribution >= 4 is 11.9 Å². The van der Waals surface area contributed by atoms with E-state index in [0.29, 0.717) is 12.1 Å². The summed E-state index contributed by atoms with van der Waals surface area (Å²) < 4.78 is 0. The van der Waals surface area contributed by atoms with Crippen molar-refractivity contribution in [1.82, 2.24) is 19.6 Å². The van der Waals surface area contributed by atoms with Crippen LogP contribution in [-0.2, 0) is 4.79 Å². The van der Waals surface area contributed by atoms with Gasteiger partial charge in [-0.1, -0.05) is 37.1 Å². The van der Waals surface area contributed by atoms with Crippen LogP contribution in [0, 0.1) is 5.92 Å². The van der Waals surface area contributed by atoms with Crippen molar-refractivity contribution in [2.24, 2.45) is 5.92 Å². The fourth-order valence-corrected chi connectivity index (χ4v) is 6.91. The number of aromatic hydroxyl groups is 1. The second kappa shape index (κ2) is 14.7. The van der Waals surface area contributed by atoms with Gasteiger partial charge in [0, 0.05) is 69.9 Å².